The first-order valence-electron chi connectivity index (χ1n) is 15.0. The van der Waals surface area contributed by atoms with Crippen LogP contribution in [0.1, 0.15) is 30.5 Å². The molecule has 2 saturated heterocycles. The van der Waals surface area contributed by atoms with E-state index in [2.05, 4.69) is 23.6 Å². The van der Waals surface area contributed by atoms with Crippen LogP contribution < -0.4 is 4.74 Å². The Morgan fingerprint density at radius 1 is 0.837 bits per heavy atom. The van der Waals surface area contributed by atoms with Gasteiger partial charge in [-0.2, -0.15) is 0 Å². The Hall–Kier alpha value is -3.46. The average Bonchev–Trinajstić information content (AvgIpc) is 3.00. The molecule has 3 aromatic carbocycles. The maximum atomic E-state index is 13.3. The number of nitrogens with zero attached hydrogens (tertiary/aromatic N) is 4. The Kier molecular flexibility index (Phi) is 10.3. The second kappa shape index (κ2) is 14.3. The van der Waals surface area contributed by atoms with Crippen LogP contribution in [0.2, 0.25) is 5.02 Å². The van der Waals surface area contributed by atoms with Crippen LogP contribution in [0.5, 0.6) is 5.75 Å². The highest BCUT2D eigenvalue weighted by Gasteiger charge is 2.32. The normalized spacial score (nSPS) is 19.8. The summed E-state index contributed by atoms with van der Waals surface area (Å²) in [5, 5.41) is 0.616. The fourth-order valence-electron chi connectivity index (χ4n) is 5.90. The molecule has 7 nitrogen and oxygen atoms in total. The summed E-state index contributed by atoms with van der Waals surface area (Å²) in [5.74, 6) is 0.511. The van der Waals surface area contributed by atoms with Crippen LogP contribution in [0.3, 0.4) is 0 Å². The van der Waals surface area contributed by atoms with Crippen molar-refractivity contribution < 1.29 is 18.7 Å². The van der Waals surface area contributed by atoms with Crippen molar-refractivity contribution in [2.45, 2.75) is 45.4 Å². The minimum atomic E-state index is -0.238. The number of ether oxygens (including phenoxy) is 1. The van der Waals surface area contributed by atoms with Gasteiger partial charge in [0.05, 0.1) is 6.42 Å². The van der Waals surface area contributed by atoms with E-state index in [1.54, 1.807) is 6.07 Å². The number of benzene rings is 3. The Bertz CT molecular complexity index is 1380. The van der Waals surface area contributed by atoms with Crippen molar-refractivity contribution in [3.8, 4) is 5.75 Å². The molecule has 0 aromatic heterocycles. The Balaban J connectivity index is 1.12. The van der Waals surface area contributed by atoms with E-state index >= 15 is 0 Å². The molecule has 0 unspecified atom stereocenters. The lowest BCUT2D eigenvalue weighted by Crippen LogP contribution is -2.58. The first kappa shape index (κ1) is 31.0. The second-order valence-electron chi connectivity index (χ2n) is 11.7. The molecule has 2 heterocycles. The predicted octanol–water partition coefficient (Wildman–Crippen LogP) is 4.87. The molecule has 2 fully saturated rings. The highest BCUT2D eigenvalue weighted by molar-refractivity contribution is 6.30. The molecule has 2 aliphatic heterocycles. The quantitative estimate of drug-likeness (QED) is 0.348. The van der Waals surface area contributed by atoms with E-state index in [1.807, 2.05) is 64.4 Å². The maximum absolute atomic E-state index is 13.3. The van der Waals surface area contributed by atoms with Gasteiger partial charge in [-0.3, -0.25) is 19.4 Å². The van der Waals surface area contributed by atoms with E-state index < -0.39 is 0 Å². The molecule has 0 spiro atoms. The van der Waals surface area contributed by atoms with Gasteiger partial charge >= 0.3 is 0 Å². The molecule has 5 rings (SSSR count). The highest BCUT2D eigenvalue weighted by atomic mass is 35.5. The Labute approximate surface area is 258 Å². The van der Waals surface area contributed by atoms with Crippen LogP contribution in [-0.2, 0) is 29.1 Å². The van der Waals surface area contributed by atoms with Crippen molar-refractivity contribution >= 4 is 23.4 Å². The zero-order valence-electron chi connectivity index (χ0n) is 24.9. The zero-order chi connectivity index (χ0) is 30.3. The number of carbonyl (C=O) groups is 2. The highest BCUT2D eigenvalue weighted by Crippen LogP contribution is 2.26. The molecule has 0 saturated carbocycles. The van der Waals surface area contributed by atoms with Crippen molar-refractivity contribution in [3.05, 3.63) is 100 Å². The molecule has 0 N–H and O–H groups in total. The van der Waals surface area contributed by atoms with E-state index in [0.717, 1.165) is 36.3 Å². The van der Waals surface area contributed by atoms with Crippen LogP contribution in [0.15, 0.2) is 72.8 Å². The van der Waals surface area contributed by atoms with Crippen molar-refractivity contribution in [3.63, 3.8) is 0 Å². The summed E-state index contributed by atoms with van der Waals surface area (Å²) in [6.07, 6.45) is 0.418. The molecule has 2 amide bonds. The minimum Gasteiger partial charge on any atom is -0.483 e. The summed E-state index contributed by atoms with van der Waals surface area (Å²) in [6.45, 7) is 9.64. The first-order chi connectivity index (χ1) is 20.7. The fourth-order valence-corrected chi connectivity index (χ4v) is 6.10. The van der Waals surface area contributed by atoms with Crippen LogP contribution in [-0.4, -0.2) is 89.4 Å². The molecule has 43 heavy (non-hydrogen) atoms. The molecule has 3 aromatic rings. The minimum absolute atomic E-state index is 0.0262. The summed E-state index contributed by atoms with van der Waals surface area (Å²) in [5.41, 5.74) is 3.01. The van der Waals surface area contributed by atoms with Crippen LogP contribution >= 0.6 is 11.6 Å². The topological polar surface area (TPSA) is 56.3 Å². The number of halogens is 2. The van der Waals surface area contributed by atoms with E-state index in [4.69, 9.17) is 16.3 Å². The van der Waals surface area contributed by atoms with Crippen molar-refractivity contribution in [2.24, 2.45) is 0 Å². The van der Waals surface area contributed by atoms with Gasteiger partial charge in [-0.15, -0.1) is 0 Å². The first-order valence-corrected chi connectivity index (χ1v) is 15.4. The lowest BCUT2D eigenvalue weighted by molar-refractivity contribution is -0.139. The van der Waals surface area contributed by atoms with E-state index in [9.17, 15) is 14.0 Å². The zero-order valence-corrected chi connectivity index (χ0v) is 25.7. The fraction of sp³-hybridized carbons (Fsp3) is 0.412. The van der Waals surface area contributed by atoms with Gasteiger partial charge in [0.15, 0.2) is 6.61 Å². The second-order valence-corrected chi connectivity index (χ2v) is 12.1. The average molecular weight is 607 g/mol. The smallest absolute Gasteiger partial charge is 0.260 e. The predicted molar refractivity (Wildman–Crippen MR) is 166 cm³/mol. The molecule has 0 aliphatic carbocycles. The van der Waals surface area contributed by atoms with Gasteiger partial charge in [-0.05, 0) is 55.3 Å². The molecule has 0 bridgehead atoms. The largest absolute Gasteiger partial charge is 0.483 e. The number of amides is 2. The van der Waals surface area contributed by atoms with Gasteiger partial charge < -0.3 is 14.5 Å². The van der Waals surface area contributed by atoms with Gasteiger partial charge in [0.2, 0.25) is 5.91 Å². The number of hydrogen-bond acceptors (Lipinski definition) is 5. The van der Waals surface area contributed by atoms with Gasteiger partial charge in [-0.1, -0.05) is 54.1 Å². The van der Waals surface area contributed by atoms with Crippen molar-refractivity contribution in [2.75, 3.05) is 45.9 Å². The third-order valence-corrected chi connectivity index (χ3v) is 8.66. The van der Waals surface area contributed by atoms with Gasteiger partial charge in [0.25, 0.3) is 5.91 Å². The van der Waals surface area contributed by atoms with Gasteiger partial charge in [0, 0.05) is 75.0 Å². The standard InChI is InChI=1S/C34H40ClFN4O3/c1-25-21-40(26(2)20-39(25)22-28-8-11-31(36)12-9-28)34(42)24-43-32-13-10-30(35)19-29(32)23-37-14-16-38(17-15-37)33(41)18-27-6-4-3-5-7-27/h3-13,19,25-26H,14-18,20-24H2,1-2H3/t25-,26+/m0/s1. The van der Waals surface area contributed by atoms with Crippen LogP contribution in [0, 0.1) is 5.82 Å². The molecule has 228 valence electrons. The van der Waals surface area contributed by atoms with Crippen LogP contribution in [0.25, 0.3) is 0 Å². The van der Waals surface area contributed by atoms with Gasteiger partial charge in [-0.25, -0.2) is 4.39 Å². The molecular formula is C34H40ClFN4O3. The maximum Gasteiger partial charge on any atom is 0.260 e. The number of piperazine rings is 2. The van der Waals surface area contributed by atoms with E-state index in [0.29, 0.717) is 49.9 Å². The monoisotopic (exact) mass is 606 g/mol. The van der Waals surface area contributed by atoms with Gasteiger partial charge in [0.1, 0.15) is 11.6 Å². The summed E-state index contributed by atoms with van der Waals surface area (Å²) in [7, 11) is 0. The SMILES string of the molecule is C[C@@H]1CN(Cc2ccc(F)cc2)[C@@H](C)CN1C(=O)COc1ccc(Cl)cc1CN1CCN(C(=O)Cc2ccccc2)CC1. The number of rotatable bonds is 9. The lowest BCUT2D eigenvalue weighted by atomic mass is 10.1. The molecule has 2 atom stereocenters. The van der Waals surface area contributed by atoms with Crippen molar-refractivity contribution in [1.82, 2.24) is 19.6 Å². The van der Waals surface area contributed by atoms with Crippen molar-refractivity contribution in [1.29, 1.82) is 0 Å². The molecule has 0 radical (unpaired) electrons. The summed E-state index contributed by atoms with van der Waals surface area (Å²) in [4.78, 5) is 34.5. The summed E-state index contributed by atoms with van der Waals surface area (Å²) < 4.78 is 19.4. The lowest BCUT2D eigenvalue weighted by Gasteiger charge is -2.44. The van der Waals surface area contributed by atoms with Crippen LogP contribution in [0.4, 0.5) is 4.39 Å². The van der Waals surface area contributed by atoms with E-state index in [1.165, 1.54) is 12.1 Å². The Morgan fingerprint density at radius 2 is 1.56 bits per heavy atom. The third kappa shape index (κ3) is 8.34. The summed E-state index contributed by atoms with van der Waals surface area (Å²) in [6, 6.07) is 22.1. The number of hydrogen-bond donors (Lipinski definition) is 0. The summed E-state index contributed by atoms with van der Waals surface area (Å²) >= 11 is 6.35. The molecular weight excluding hydrogens is 567 g/mol. The molecule has 9 heteroatoms. The van der Waals surface area contributed by atoms with E-state index in [-0.39, 0.29) is 36.3 Å². The molecule has 2 aliphatic rings. The third-order valence-electron chi connectivity index (χ3n) is 8.43. The Morgan fingerprint density at radius 3 is 2.28 bits per heavy atom. The number of carbonyl (C=O) groups excluding carboxylic acids is 2.